The molecule has 0 aromatic carbocycles. The van der Waals surface area contributed by atoms with Gasteiger partial charge in [-0.1, -0.05) is 39.5 Å². The van der Waals surface area contributed by atoms with Crippen LogP contribution in [0.2, 0.25) is 0 Å². The smallest absolute Gasteiger partial charge is 0.304 e. The lowest BCUT2D eigenvalue weighted by Crippen LogP contribution is -2.23. The zero-order valence-electron chi connectivity index (χ0n) is 26.7. The number of carboxylic acid groups (broad SMARTS) is 2. The van der Waals surface area contributed by atoms with E-state index >= 15 is 0 Å². The number of nitrogens with one attached hydrogen (secondary N) is 2. The molecule has 7 unspecified atom stereocenters. The van der Waals surface area contributed by atoms with Gasteiger partial charge >= 0.3 is 11.9 Å². The molecule has 1 saturated carbocycles. The molecule has 9 heteroatoms. The van der Waals surface area contributed by atoms with Crippen LogP contribution in [0.3, 0.4) is 0 Å². The molecule has 0 bridgehead atoms. The number of aliphatic hydroxyl groups excluding tert-OH is 1. The van der Waals surface area contributed by atoms with Gasteiger partial charge in [0.15, 0.2) is 0 Å². The predicted molar refractivity (Wildman–Crippen MR) is 177 cm³/mol. The van der Waals surface area contributed by atoms with E-state index in [1.54, 1.807) is 0 Å². The molecule has 4 aliphatic heterocycles. The van der Waals surface area contributed by atoms with E-state index in [1.807, 2.05) is 44.4 Å². The van der Waals surface area contributed by atoms with Gasteiger partial charge in [-0.25, -0.2) is 0 Å². The van der Waals surface area contributed by atoms with Crippen LogP contribution in [0.4, 0.5) is 0 Å². The molecule has 5 rings (SSSR count). The molecule has 4 heterocycles. The molecule has 0 aromatic rings. The first-order chi connectivity index (χ1) is 21.4. The van der Waals surface area contributed by atoms with Crippen molar-refractivity contribution in [1.82, 2.24) is 10.6 Å². The summed E-state index contributed by atoms with van der Waals surface area (Å²) in [6.45, 7) is 18.1. The van der Waals surface area contributed by atoms with E-state index in [0.29, 0.717) is 23.3 Å². The number of carboxylic acids is 2. The van der Waals surface area contributed by atoms with E-state index in [0.717, 1.165) is 40.4 Å². The molecule has 1 aliphatic carbocycles. The Morgan fingerprint density at radius 1 is 1.07 bits per heavy atom. The van der Waals surface area contributed by atoms with Gasteiger partial charge < -0.3 is 26.0 Å². The molecule has 0 spiro atoms. The Morgan fingerprint density at radius 2 is 1.80 bits per heavy atom. The molecule has 0 aromatic heterocycles. The number of aliphatic carboxylic acids is 2. The van der Waals surface area contributed by atoms with Crippen LogP contribution < -0.4 is 10.6 Å². The standard InChI is InChI=1S/C36H44N4O5/c1-8-21-16-37-26(17(21)4)14-27-19(6)23(11-12-30(41)42)34(39-27)33-24(13-31(43)44)36(45)32-20(7)28(40-35(32)33)15-29-22(9-2)18(5)25(10-3)38-29/h8,10,14-17,19,23-25,35-38,45H,1,3,9,11-13H2,2,4-7H3,(H,41,42)(H,43,44)/b26-14-,29-15?,34-33-. The Bertz CT molecular complexity index is 1600. The largest absolute Gasteiger partial charge is 0.481 e. The van der Waals surface area contributed by atoms with Crippen molar-refractivity contribution in [3.63, 3.8) is 0 Å². The van der Waals surface area contributed by atoms with Crippen molar-refractivity contribution < 1.29 is 24.9 Å². The van der Waals surface area contributed by atoms with E-state index in [4.69, 9.17) is 9.98 Å². The lowest BCUT2D eigenvalue weighted by atomic mass is 9.82. The van der Waals surface area contributed by atoms with E-state index in [-0.39, 0.29) is 36.6 Å². The number of hydrogen-bond acceptors (Lipinski definition) is 7. The molecule has 5 N–H and O–H groups in total. The van der Waals surface area contributed by atoms with Crippen LogP contribution in [0, 0.1) is 23.7 Å². The minimum atomic E-state index is -1.04. The Hall–Kier alpha value is -4.24. The summed E-state index contributed by atoms with van der Waals surface area (Å²) in [6, 6.07) is -0.527. The average Bonchev–Trinajstić information content (AvgIpc) is 3.74. The summed E-state index contributed by atoms with van der Waals surface area (Å²) in [5, 5.41) is 38.0. The van der Waals surface area contributed by atoms with Gasteiger partial charge in [0.2, 0.25) is 0 Å². The maximum absolute atomic E-state index is 12.1. The predicted octanol–water partition coefficient (Wildman–Crippen LogP) is 5.38. The fraction of sp³-hybridized carbons (Fsp3) is 0.444. The fourth-order valence-corrected chi connectivity index (χ4v) is 7.52. The van der Waals surface area contributed by atoms with E-state index in [9.17, 15) is 24.9 Å². The van der Waals surface area contributed by atoms with Crippen molar-refractivity contribution in [3.8, 4) is 0 Å². The number of nitrogens with zero attached hydrogens (tertiary/aromatic N) is 2. The Labute approximate surface area is 265 Å². The highest BCUT2D eigenvalue weighted by atomic mass is 16.4. The van der Waals surface area contributed by atoms with Gasteiger partial charge in [-0.3, -0.25) is 19.6 Å². The Kier molecular flexibility index (Phi) is 9.03. The van der Waals surface area contributed by atoms with Crippen molar-refractivity contribution in [2.45, 2.75) is 78.5 Å². The minimum Gasteiger partial charge on any atom is -0.481 e. The molecule has 5 aliphatic rings. The Balaban J connectivity index is 1.65. The summed E-state index contributed by atoms with van der Waals surface area (Å²) in [5.74, 6) is -2.94. The summed E-state index contributed by atoms with van der Waals surface area (Å²) in [7, 11) is 0. The summed E-state index contributed by atoms with van der Waals surface area (Å²) in [6.07, 6.45) is 9.45. The highest BCUT2D eigenvalue weighted by Crippen LogP contribution is 2.50. The maximum atomic E-state index is 12.1. The normalized spacial score (nSPS) is 34.2. The highest BCUT2D eigenvalue weighted by Gasteiger charge is 2.50. The van der Waals surface area contributed by atoms with Gasteiger partial charge in [0.05, 0.1) is 30.3 Å². The molecule has 7 atom stereocenters. The van der Waals surface area contributed by atoms with Gasteiger partial charge in [-0.2, -0.15) is 0 Å². The topological polar surface area (TPSA) is 144 Å². The zero-order chi connectivity index (χ0) is 32.7. The molecular formula is C36H44N4O5. The van der Waals surface area contributed by atoms with Crippen LogP contribution in [-0.2, 0) is 9.59 Å². The van der Waals surface area contributed by atoms with Gasteiger partial charge in [0, 0.05) is 59.1 Å². The number of aliphatic imine (C=N–C) groups is 2. The lowest BCUT2D eigenvalue weighted by molar-refractivity contribution is -0.138. The summed E-state index contributed by atoms with van der Waals surface area (Å²) in [5.41, 5.74) is 9.81. The first-order valence-corrected chi connectivity index (χ1v) is 15.8. The second kappa shape index (κ2) is 12.6. The van der Waals surface area contributed by atoms with Crippen LogP contribution in [0.25, 0.3) is 0 Å². The minimum absolute atomic E-state index is 0.0376. The third-order valence-corrected chi connectivity index (χ3v) is 10.2. The first kappa shape index (κ1) is 32.2. The number of fused-ring (bicyclic) bond motifs is 1. The molecule has 238 valence electrons. The highest BCUT2D eigenvalue weighted by molar-refractivity contribution is 6.12. The SMILES string of the molecule is C=CC1=CN/C(=C\C2=NC(=C3\C4N=C(C=C5NC(C=C)C(C)=C5CC)C(C)=C4C(O)C3CC(=O)O)/C(CCC(=O)O)C2C)C1C. The third-order valence-electron chi connectivity index (χ3n) is 10.2. The molecule has 9 nitrogen and oxygen atoms in total. The van der Waals surface area contributed by atoms with Crippen LogP contribution in [-0.4, -0.2) is 56.9 Å². The number of rotatable bonds is 10. The van der Waals surface area contributed by atoms with E-state index < -0.39 is 30.0 Å². The van der Waals surface area contributed by atoms with Crippen molar-refractivity contribution in [3.05, 3.63) is 94.2 Å². The first-order valence-electron chi connectivity index (χ1n) is 15.8. The number of allylic oxidation sites excluding steroid dienone is 7. The second-order valence-corrected chi connectivity index (χ2v) is 12.6. The molecule has 45 heavy (non-hydrogen) atoms. The quantitative estimate of drug-likeness (QED) is 0.209. The van der Waals surface area contributed by atoms with E-state index in [1.165, 1.54) is 11.1 Å². The van der Waals surface area contributed by atoms with Crippen LogP contribution in [0.5, 0.6) is 0 Å². The van der Waals surface area contributed by atoms with Crippen LogP contribution >= 0.6 is 0 Å². The Morgan fingerprint density at radius 3 is 2.40 bits per heavy atom. The molecular weight excluding hydrogens is 568 g/mol. The second-order valence-electron chi connectivity index (χ2n) is 12.6. The fourth-order valence-electron chi connectivity index (χ4n) is 7.52. The number of aliphatic hydroxyl groups is 1. The number of hydrogen-bond donors (Lipinski definition) is 5. The van der Waals surface area contributed by atoms with Gasteiger partial charge in [-0.15, -0.1) is 6.58 Å². The summed E-state index contributed by atoms with van der Waals surface area (Å²) in [4.78, 5) is 34.1. The lowest BCUT2D eigenvalue weighted by Gasteiger charge is -2.22. The van der Waals surface area contributed by atoms with Crippen molar-refractivity contribution in [2.24, 2.45) is 33.7 Å². The van der Waals surface area contributed by atoms with Crippen LogP contribution in [0.15, 0.2) is 104 Å². The van der Waals surface area contributed by atoms with E-state index in [2.05, 4.69) is 44.6 Å². The zero-order valence-corrected chi connectivity index (χ0v) is 26.7. The number of carbonyl (C=O) groups is 2. The van der Waals surface area contributed by atoms with Gasteiger partial charge in [0.25, 0.3) is 0 Å². The maximum Gasteiger partial charge on any atom is 0.304 e. The third kappa shape index (κ3) is 5.70. The van der Waals surface area contributed by atoms with Crippen LogP contribution in [0.1, 0.15) is 60.3 Å². The van der Waals surface area contributed by atoms with Crippen molar-refractivity contribution in [2.75, 3.05) is 0 Å². The molecule has 1 fully saturated rings. The molecule has 0 amide bonds. The summed E-state index contributed by atoms with van der Waals surface area (Å²) >= 11 is 0. The van der Waals surface area contributed by atoms with Gasteiger partial charge in [0.1, 0.15) is 0 Å². The van der Waals surface area contributed by atoms with Gasteiger partial charge in [-0.05, 0) is 72.3 Å². The summed E-state index contributed by atoms with van der Waals surface area (Å²) < 4.78 is 0. The van der Waals surface area contributed by atoms with Crippen molar-refractivity contribution in [1.29, 1.82) is 0 Å². The molecule has 0 saturated heterocycles. The monoisotopic (exact) mass is 612 g/mol. The van der Waals surface area contributed by atoms with Crippen molar-refractivity contribution >= 4 is 23.4 Å². The molecule has 0 radical (unpaired) electrons. The average molecular weight is 613 g/mol.